The van der Waals surface area contributed by atoms with Crippen molar-refractivity contribution in [2.45, 2.75) is 27.3 Å². The molecule has 1 N–H and O–H groups in total. The quantitative estimate of drug-likeness (QED) is 0.789. The van der Waals surface area contributed by atoms with Gasteiger partial charge in [-0.25, -0.2) is 9.37 Å². The Balaban J connectivity index is 2.05. The molecule has 0 bridgehead atoms. The molecule has 2 aromatic rings. The van der Waals surface area contributed by atoms with Gasteiger partial charge in [0.05, 0.1) is 11.0 Å². The fraction of sp³-hybridized carbons (Fsp3) is 0.400. The lowest BCUT2D eigenvalue weighted by Gasteiger charge is -2.16. The molecule has 0 radical (unpaired) electrons. The van der Waals surface area contributed by atoms with Crippen LogP contribution in [0.1, 0.15) is 24.3 Å². The van der Waals surface area contributed by atoms with Crippen LogP contribution in [0.15, 0.2) is 22.8 Å². The molecule has 1 aromatic heterocycles. The van der Waals surface area contributed by atoms with Crippen molar-refractivity contribution < 1.29 is 4.39 Å². The van der Waals surface area contributed by atoms with Gasteiger partial charge in [0, 0.05) is 29.9 Å². The first-order valence-electron chi connectivity index (χ1n) is 6.94. The molecule has 114 valence electrons. The van der Waals surface area contributed by atoms with Gasteiger partial charge in [-0.05, 0) is 54.4 Å². The number of nitrogens with one attached hydrogen (secondary N) is 1. The van der Waals surface area contributed by atoms with Crippen molar-refractivity contribution in [2.24, 2.45) is 0 Å². The van der Waals surface area contributed by atoms with Gasteiger partial charge >= 0.3 is 0 Å². The minimum Gasteiger partial charge on any atom is -0.380 e. The van der Waals surface area contributed by atoms with E-state index in [1.807, 2.05) is 13.1 Å². The standard InChI is InChI=1S/C15H19BrFN3S/c1-4-20(5-2)15-19-9-11(21-15)8-18-14-7-13(17)12(16)6-10(14)3/h6-7,9,18H,4-5,8H2,1-3H3. The molecular weight excluding hydrogens is 353 g/mol. The second kappa shape index (κ2) is 7.22. The van der Waals surface area contributed by atoms with Crippen LogP contribution in [-0.4, -0.2) is 18.1 Å². The lowest BCUT2D eigenvalue weighted by Crippen LogP contribution is -2.21. The first-order chi connectivity index (χ1) is 10.0. The highest BCUT2D eigenvalue weighted by Crippen LogP contribution is 2.26. The van der Waals surface area contributed by atoms with Crippen molar-refractivity contribution in [1.29, 1.82) is 0 Å². The van der Waals surface area contributed by atoms with Crippen LogP contribution in [-0.2, 0) is 6.54 Å². The summed E-state index contributed by atoms with van der Waals surface area (Å²) in [7, 11) is 0. The second-order valence-electron chi connectivity index (χ2n) is 4.72. The van der Waals surface area contributed by atoms with Gasteiger partial charge in [-0.1, -0.05) is 0 Å². The lowest BCUT2D eigenvalue weighted by molar-refractivity contribution is 0.621. The first kappa shape index (κ1) is 16.2. The van der Waals surface area contributed by atoms with Gasteiger partial charge in [0.25, 0.3) is 0 Å². The van der Waals surface area contributed by atoms with E-state index in [1.165, 1.54) is 6.07 Å². The summed E-state index contributed by atoms with van der Waals surface area (Å²) in [4.78, 5) is 7.81. The summed E-state index contributed by atoms with van der Waals surface area (Å²) in [5, 5.41) is 4.31. The number of aryl methyl sites for hydroxylation is 1. The summed E-state index contributed by atoms with van der Waals surface area (Å²) >= 11 is 4.87. The number of hydrogen-bond acceptors (Lipinski definition) is 4. The number of anilines is 2. The van der Waals surface area contributed by atoms with Crippen LogP contribution >= 0.6 is 27.3 Å². The maximum absolute atomic E-state index is 13.6. The largest absolute Gasteiger partial charge is 0.380 e. The topological polar surface area (TPSA) is 28.2 Å². The Morgan fingerprint density at radius 3 is 2.71 bits per heavy atom. The van der Waals surface area contributed by atoms with Crippen molar-refractivity contribution in [1.82, 2.24) is 4.98 Å². The van der Waals surface area contributed by atoms with E-state index < -0.39 is 0 Å². The Hall–Kier alpha value is -1.14. The Labute approximate surface area is 137 Å². The Morgan fingerprint density at radius 1 is 1.33 bits per heavy atom. The normalized spacial score (nSPS) is 10.7. The molecule has 0 atom stereocenters. The predicted molar refractivity (Wildman–Crippen MR) is 91.8 cm³/mol. The zero-order valence-corrected chi connectivity index (χ0v) is 14.8. The van der Waals surface area contributed by atoms with E-state index in [1.54, 1.807) is 17.4 Å². The zero-order valence-electron chi connectivity index (χ0n) is 12.4. The average Bonchev–Trinajstić information content (AvgIpc) is 2.91. The molecule has 1 aromatic carbocycles. The summed E-state index contributed by atoms with van der Waals surface area (Å²) in [5.41, 5.74) is 1.82. The first-order valence-corrected chi connectivity index (χ1v) is 8.55. The number of hydrogen-bond donors (Lipinski definition) is 1. The number of thiazole rings is 1. The van der Waals surface area contributed by atoms with Gasteiger partial charge in [0.2, 0.25) is 0 Å². The molecule has 3 nitrogen and oxygen atoms in total. The van der Waals surface area contributed by atoms with Crippen LogP contribution in [0.2, 0.25) is 0 Å². The third-order valence-corrected chi connectivity index (χ3v) is 4.96. The van der Waals surface area contributed by atoms with Gasteiger partial charge in [0.1, 0.15) is 5.82 Å². The van der Waals surface area contributed by atoms with Crippen LogP contribution in [0.3, 0.4) is 0 Å². The van der Waals surface area contributed by atoms with Gasteiger partial charge in [0.15, 0.2) is 5.13 Å². The van der Waals surface area contributed by atoms with Crippen LogP contribution in [0.4, 0.5) is 15.2 Å². The van der Waals surface area contributed by atoms with Gasteiger partial charge < -0.3 is 10.2 Å². The Morgan fingerprint density at radius 2 is 2.05 bits per heavy atom. The van der Waals surface area contributed by atoms with Gasteiger partial charge in [-0.3, -0.25) is 0 Å². The van der Waals surface area contributed by atoms with Crippen LogP contribution < -0.4 is 10.2 Å². The third-order valence-electron chi connectivity index (χ3n) is 3.30. The van der Waals surface area contributed by atoms with Crippen LogP contribution in [0.5, 0.6) is 0 Å². The lowest BCUT2D eigenvalue weighted by atomic mass is 10.2. The molecule has 0 spiro atoms. The third kappa shape index (κ3) is 3.95. The Kier molecular flexibility index (Phi) is 5.58. The summed E-state index contributed by atoms with van der Waals surface area (Å²) in [6, 6.07) is 3.30. The molecule has 0 amide bonds. The minimum atomic E-state index is -0.253. The summed E-state index contributed by atoms with van der Waals surface area (Å²) in [6.07, 6.45) is 1.88. The number of halogens is 2. The number of nitrogens with zero attached hydrogens (tertiary/aromatic N) is 2. The number of rotatable bonds is 6. The number of benzene rings is 1. The van der Waals surface area contributed by atoms with Gasteiger partial charge in [-0.2, -0.15) is 0 Å². The van der Waals surface area contributed by atoms with Crippen molar-refractivity contribution in [3.8, 4) is 0 Å². The van der Waals surface area contributed by atoms with Crippen molar-refractivity contribution >= 4 is 38.1 Å². The molecule has 0 aliphatic rings. The van der Waals surface area contributed by atoms with E-state index in [0.717, 1.165) is 34.3 Å². The molecule has 0 saturated heterocycles. The minimum absolute atomic E-state index is 0.253. The smallest absolute Gasteiger partial charge is 0.185 e. The predicted octanol–water partition coefficient (Wildman–Crippen LogP) is 4.81. The molecule has 6 heteroatoms. The van der Waals surface area contributed by atoms with Crippen LogP contribution in [0, 0.1) is 12.7 Å². The highest BCUT2D eigenvalue weighted by molar-refractivity contribution is 9.10. The number of aromatic nitrogens is 1. The van der Waals surface area contributed by atoms with Gasteiger partial charge in [-0.15, -0.1) is 11.3 Å². The molecule has 0 aliphatic heterocycles. The molecular formula is C15H19BrFN3S. The monoisotopic (exact) mass is 371 g/mol. The highest BCUT2D eigenvalue weighted by atomic mass is 79.9. The Bertz CT molecular complexity index is 611. The van der Waals surface area contributed by atoms with E-state index in [-0.39, 0.29) is 5.82 Å². The van der Waals surface area contributed by atoms with E-state index in [2.05, 4.69) is 45.0 Å². The highest BCUT2D eigenvalue weighted by Gasteiger charge is 2.09. The molecule has 0 saturated carbocycles. The SMILES string of the molecule is CCN(CC)c1ncc(CNc2cc(F)c(Br)cc2C)s1. The van der Waals surface area contributed by atoms with E-state index in [9.17, 15) is 4.39 Å². The summed E-state index contributed by atoms with van der Waals surface area (Å²) in [6.45, 7) is 8.76. The second-order valence-corrected chi connectivity index (χ2v) is 6.66. The van der Waals surface area contributed by atoms with Crippen LogP contribution in [0.25, 0.3) is 0 Å². The van der Waals surface area contributed by atoms with Crippen molar-refractivity contribution in [3.05, 3.63) is 39.1 Å². The molecule has 0 unspecified atom stereocenters. The molecule has 2 rings (SSSR count). The van der Waals surface area contributed by atoms with E-state index >= 15 is 0 Å². The maximum Gasteiger partial charge on any atom is 0.185 e. The summed E-state index contributed by atoms with van der Waals surface area (Å²) < 4.78 is 14.1. The van der Waals surface area contributed by atoms with E-state index in [0.29, 0.717) is 11.0 Å². The summed E-state index contributed by atoms with van der Waals surface area (Å²) in [5.74, 6) is -0.253. The molecule has 0 fully saturated rings. The fourth-order valence-corrected chi connectivity index (χ4v) is 3.47. The van der Waals surface area contributed by atoms with Crippen molar-refractivity contribution in [3.63, 3.8) is 0 Å². The van der Waals surface area contributed by atoms with Crippen molar-refractivity contribution in [2.75, 3.05) is 23.3 Å². The van der Waals surface area contributed by atoms with E-state index in [4.69, 9.17) is 0 Å². The zero-order chi connectivity index (χ0) is 15.4. The molecule has 21 heavy (non-hydrogen) atoms. The fourth-order valence-electron chi connectivity index (χ4n) is 2.04. The average molecular weight is 372 g/mol. The molecule has 1 heterocycles. The maximum atomic E-state index is 13.6. The molecule has 0 aliphatic carbocycles.